The molecule has 0 saturated carbocycles. The molecule has 1 atom stereocenters. The van der Waals surface area contributed by atoms with Crippen LogP contribution in [0.5, 0.6) is 0 Å². The zero-order chi connectivity index (χ0) is 10.5. The molecule has 1 aliphatic heterocycles. The molecule has 1 saturated heterocycles. The fourth-order valence-electron chi connectivity index (χ4n) is 2.01. The molecule has 2 heterocycles. The van der Waals surface area contributed by atoms with E-state index in [9.17, 15) is 0 Å². The van der Waals surface area contributed by atoms with Crippen LogP contribution in [-0.2, 0) is 6.54 Å². The highest BCUT2D eigenvalue weighted by molar-refractivity contribution is 4.95. The molecule has 2 rings (SSSR count). The van der Waals surface area contributed by atoms with E-state index >= 15 is 0 Å². The van der Waals surface area contributed by atoms with Crippen LogP contribution in [0.1, 0.15) is 18.5 Å². The fraction of sp³-hybridized carbons (Fsp3) is 0.636. The topological polar surface area (TPSA) is 41.1 Å². The van der Waals surface area contributed by atoms with Crippen molar-refractivity contribution in [1.29, 1.82) is 0 Å². The van der Waals surface area contributed by atoms with Crippen molar-refractivity contribution in [2.24, 2.45) is 0 Å². The summed E-state index contributed by atoms with van der Waals surface area (Å²) in [4.78, 5) is 10.7. The molecule has 0 radical (unpaired) electrons. The molecule has 0 aromatic carbocycles. The van der Waals surface area contributed by atoms with Gasteiger partial charge in [-0.1, -0.05) is 0 Å². The lowest BCUT2D eigenvalue weighted by Gasteiger charge is -2.31. The Morgan fingerprint density at radius 2 is 2.47 bits per heavy atom. The summed E-state index contributed by atoms with van der Waals surface area (Å²) in [7, 11) is 2.16. The van der Waals surface area contributed by atoms with Crippen LogP contribution in [0, 0.1) is 0 Å². The summed E-state index contributed by atoms with van der Waals surface area (Å²) >= 11 is 0. The normalized spacial score (nSPS) is 21.9. The van der Waals surface area contributed by atoms with E-state index in [0.717, 1.165) is 25.3 Å². The van der Waals surface area contributed by atoms with Crippen molar-refractivity contribution < 1.29 is 0 Å². The van der Waals surface area contributed by atoms with Crippen molar-refractivity contribution in [3.8, 4) is 0 Å². The Kier molecular flexibility index (Phi) is 3.64. The molecule has 0 aliphatic carbocycles. The smallest absolute Gasteiger partial charge is 0.0726 e. The minimum atomic E-state index is 0.640. The van der Waals surface area contributed by atoms with Crippen LogP contribution >= 0.6 is 0 Å². The molecule has 0 bridgehead atoms. The number of nitrogens with zero attached hydrogens (tertiary/aromatic N) is 3. The number of aromatic nitrogens is 2. The summed E-state index contributed by atoms with van der Waals surface area (Å²) in [6, 6.07) is 0.640. The molecular formula is C11H18N4. The molecule has 1 aromatic rings. The van der Waals surface area contributed by atoms with Gasteiger partial charge in [-0.25, -0.2) is 0 Å². The van der Waals surface area contributed by atoms with E-state index in [1.807, 2.05) is 6.20 Å². The van der Waals surface area contributed by atoms with Crippen molar-refractivity contribution in [3.05, 3.63) is 24.3 Å². The van der Waals surface area contributed by atoms with Gasteiger partial charge in [-0.05, 0) is 26.4 Å². The van der Waals surface area contributed by atoms with Gasteiger partial charge in [-0.15, -0.1) is 0 Å². The third kappa shape index (κ3) is 2.97. The molecule has 82 valence electrons. The third-order valence-corrected chi connectivity index (χ3v) is 2.92. The van der Waals surface area contributed by atoms with Gasteiger partial charge in [-0.3, -0.25) is 14.9 Å². The molecule has 4 nitrogen and oxygen atoms in total. The van der Waals surface area contributed by atoms with E-state index < -0.39 is 0 Å². The largest absolute Gasteiger partial charge is 0.315 e. The van der Waals surface area contributed by atoms with Crippen LogP contribution in [0.3, 0.4) is 0 Å². The number of hydrogen-bond acceptors (Lipinski definition) is 4. The predicted molar refractivity (Wildman–Crippen MR) is 59.4 cm³/mol. The van der Waals surface area contributed by atoms with E-state index in [1.54, 1.807) is 12.4 Å². The van der Waals surface area contributed by atoms with Crippen molar-refractivity contribution in [2.45, 2.75) is 25.4 Å². The van der Waals surface area contributed by atoms with Crippen LogP contribution in [0.25, 0.3) is 0 Å². The van der Waals surface area contributed by atoms with E-state index in [2.05, 4.69) is 27.2 Å². The molecular weight excluding hydrogens is 188 g/mol. The third-order valence-electron chi connectivity index (χ3n) is 2.92. The molecule has 1 aromatic heterocycles. The van der Waals surface area contributed by atoms with E-state index in [-0.39, 0.29) is 0 Å². The average Bonchev–Trinajstić information content (AvgIpc) is 2.31. The van der Waals surface area contributed by atoms with Crippen LogP contribution in [0.2, 0.25) is 0 Å². The van der Waals surface area contributed by atoms with Crippen molar-refractivity contribution in [2.75, 3.05) is 20.1 Å². The number of nitrogens with one attached hydrogen (secondary N) is 1. The second-order valence-electron chi connectivity index (χ2n) is 4.11. The second kappa shape index (κ2) is 5.19. The molecule has 0 amide bonds. The molecule has 0 unspecified atom stereocenters. The first-order valence-electron chi connectivity index (χ1n) is 5.52. The van der Waals surface area contributed by atoms with Gasteiger partial charge in [0.2, 0.25) is 0 Å². The first-order chi connectivity index (χ1) is 7.36. The van der Waals surface area contributed by atoms with Gasteiger partial charge in [-0.2, -0.15) is 0 Å². The number of hydrogen-bond donors (Lipinski definition) is 1. The van der Waals surface area contributed by atoms with Crippen LogP contribution in [0.15, 0.2) is 18.6 Å². The van der Waals surface area contributed by atoms with Gasteiger partial charge in [0, 0.05) is 37.7 Å². The summed E-state index contributed by atoms with van der Waals surface area (Å²) in [5.41, 5.74) is 1.05. The highest BCUT2D eigenvalue weighted by Gasteiger charge is 2.17. The summed E-state index contributed by atoms with van der Waals surface area (Å²) in [6.07, 6.45) is 7.86. The number of rotatable bonds is 3. The van der Waals surface area contributed by atoms with Gasteiger partial charge in [0.1, 0.15) is 0 Å². The molecule has 4 heteroatoms. The van der Waals surface area contributed by atoms with Crippen LogP contribution in [0.4, 0.5) is 0 Å². The summed E-state index contributed by atoms with van der Waals surface area (Å²) in [5, 5.41) is 3.42. The second-order valence-corrected chi connectivity index (χ2v) is 4.11. The molecule has 1 fully saturated rings. The summed E-state index contributed by atoms with van der Waals surface area (Å²) < 4.78 is 0. The summed E-state index contributed by atoms with van der Waals surface area (Å²) in [6.45, 7) is 3.15. The van der Waals surface area contributed by atoms with Gasteiger partial charge in [0.05, 0.1) is 5.69 Å². The van der Waals surface area contributed by atoms with Gasteiger partial charge in [0.25, 0.3) is 0 Å². The minimum absolute atomic E-state index is 0.640. The Bertz CT molecular complexity index is 282. The first kappa shape index (κ1) is 10.5. The highest BCUT2D eigenvalue weighted by atomic mass is 15.2. The Hall–Kier alpha value is -1.00. The molecule has 15 heavy (non-hydrogen) atoms. The van der Waals surface area contributed by atoms with E-state index in [1.165, 1.54) is 12.8 Å². The maximum atomic E-state index is 4.29. The Morgan fingerprint density at radius 1 is 1.53 bits per heavy atom. The Labute approximate surface area is 90.7 Å². The SMILES string of the molecule is CN(Cc1cnccn1)[C@@H]1CCCNC1. The van der Waals surface area contributed by atoms with Crippen molar-refractivity contribution >= 4 is 0 Å². The minimum Gasteiger partial charge on any atom is -0.315 e. The number of likely N-dealkylation sites (N-methyl/N-ethyl adjacent to an activating group) is 1. The van der Waals surface area contributed by atoms with Gasteiger partial charge >= 0.3 is 0 Å². The quantitative estimate of drug-likeness (QED) is 0.789. The zero-order valence-corrected chi connectivity index (χ0v) is 9.19. The lowest BCUT2D eigenvalue weighted by molar-refractivity contribution is 0.194. The summed E-state index contributed by atoms with van der Waals surface area (Å²) in [5.74, 6) is 0. The molecule has 0 spiro atoms. The number of piperidine rings is 1. The maximum Gasteiger partial charge on any atom is 0.0726 e. The standard InChI is InChI=1S/C11H18N4/c1-15(11-3-2-4-12-8-11)9-10-7-13-5-6-14-10/h5-7,11-12H,2-4,8-9H2,1H3/t11-/m1/s1. The van der Waals surface area contributed by atoms with Gasteiger partial charge in [0.15, 0.2) is 0 Å². The average molecular weight is 206 g/mol. The van der Waals surface area contributed by atoms with E-state index in [4.69, 9.17) is 0 Å². The zero-order valence-electron chi connectivity index (χ0n) is 9.19. The van der Waals surface area contributed by atoms with Crippen LogP contribution < -0.4 is 5.32 Å². The van der Waals surface area contributed by atoms with Gasteiger partial charge < -0.3 is 5.32 Å². The van der Waals surface area contributed by atoms with Crippen molar-refractivity contribution in [1.82, 2.24) is 20.2 Å². The lowest BCUT2D eigenvalue weighted by Crippen LogP contribution is -2.43. The monoisotopic (exact) mass is 206 g/mol. The Balaban J connectivity index is 1.88. The predicted octanol–water partition coefficient (Wildman–Crippen LogP) is 0.660. The van der Waals surface area contributed by atoms with E-state index in [0.29, 0.717) is 6.04 Å². The lowest BCUT2D eigenvalue weighted by atomic mass is 10.1. The Morgan fingerprint density at radius 3 is 3.13 bits per heavy atom. The highest BCUT2D eigenvalue weighted by Crippen LogP contribution is 2.10. The van der Waals surface area contributed by atoms with Crippen molar-refractivity contribution in [3.63, 3.8) is 0 Å². The first-order valence-corrected chi connectivity index (χ1v) is 5.52. The van der Waals surface area contributed by atoms with Crippen LogP contribution in [-0.4, -0.2) is 41.0 Å². The fourth-order valence-corrected chi connectivity index (χ4v) is 2.01. The maximum absolute atomic E-state index is 4.29. The molecule has 1 N–H and O–H groups in total. The molecule has 1 aliphatic rings.